The summed E-state index contributed by atoms with van der Waals surface area (Å²) in [6.07, 6.45) is 1.21. The van der Waals surface area contributed by atoms with Crippen LogP contribution < -0.4 is 10.1 Å². The molecular formula is C26H28N4O2. The van der Waals surface area contributed by atoms with Crippen LogP contribution in [0.2, 0.25) is 0 Å². The van der Waals surface area contributed by atoms with Crippen LogP contribution in [0.3, 0.4) is 0 Å². The maximum atomic E-state index is 12.4. The maximum Gasteiger partial charge on any atom is 0.251 e. The summed E-state index contributed by atoms with van der Waals surface area (Å²) in [5, 5.41) is 20.0. The molecule has 0 aliphatic carbocycles. The Labute approximate surface area is 188 Å². The van der Waals surface area contributed by atoms with Gasteiger partial charge in [-0.25, -0.2) is 0 Å². The van der Waals surface area contributed by atoms with Crippen molar-refractivity contribution in [2.75, 3.05) is 13.7 Å². The number of ether oxygens (including phenoxy) is 1. The quantitative estimate of drug-likeness (QED) is 0.346. The molecular weight excluding hydrogens is 400 g/mol. The molecule has 3 N–H and O–H groups in total. The van der Waals surface area contributed by atoms with Gasteiger partial charge in [-0.05, 0) is 41.8 Å². The second kappa shape index (κ2) is 11.5. The van der Waals surface area contributed by atoms with Crippen molar-refractivity contribution < 1.29 is 9.53 Å². The Bertz CT molecular complexity index is 1030. The number of hydrogen-bond acceptors (Lipinski definition) is 4. The highest BCUT2D eigenvalue weighted by atomic mass is 16.5. The minimum absolute atomic E-state index is 0.0393. The van der Waals surface area contributed by atoms with Gasteiger partial charge in [-0.2, -0.15) is 0 Å². The van der Waals surface area contributed by atoms with Crippen molar-refractivity contribution in [3.8, 4) is 5.75 Å². The van der Waals surface area contributed by atoms with Gasteiger partial charge in [-0.1, -0.05) is 60.7 Å². The number of carbonyl (C=O) groups is 1. The Balaban J connectivity index is 1.68. The summed E-state index contributed by atoms with van der Waals surface area (Å²) in [6, 6.07) is 26.5. The SMILES string of the molecule is COc1ccc(CN(C(=N)CCc2ccccc2)C(=N)CNC(=O)c2ccccc2)cc1. The predicted octanol–water partition coefficient (Wildman–Crippen LogP) is 4.51. The fraction of sp³-hybridized carbons (Fsp3) is 0.192. The molecule has 0 heterocycles. The lowest BCUT2D eigenvalue weighted by molar-refractivity contribution is 0.0958. The van der Waals surface area contributed by atoms with Crippen LogP contribution in [0.5, 0.6) is 5.75 Å². The number of hydrogen-bond donors (Lipinski definition) is 3. The van der Waals surface area contributed by atoms with E-state index in [0.29, 0.717) is 30.8 Å². The van der Waals surface area contributed by atoms with E-state index in [1.807, 2.05) is 60.7 Å². The molecule has 0 spiro atoms. The molecule has 32 heavy (non-hydrogen) atoms. The van der Waals surface area contributed by atoms with Gasteiger partial charge in [0.2, 0.25) is 0 Å². The molecule has 1 amide bonds. The van der Waals surface area contributed by atoms with Crippen molar-refractivity contribution in [1.29, 1.82) is 10.8 Å². The Kier molecular flexibility index (Phi) is 8.15. The highest BCUT2D eigenvalue weighted by Gasteiger charge is 2.17. The van der Waals surface area contributed by atoms with Gasteiger partial charge < -0.3 is 15.0 Å². The highest BCUT2D eigenvalue weighted by Crippen LogP contribution is 2.15. The van der Waals surface area contributed by atoms with Crippen LogP contribution in [-0.2, 0) is 13.0 Å². The molecule has 3 aromatic rings. The van der Waals surface area contributed by atoms with Crippen molar-refractivity contribution >= 4 is 17.6 Å². The first kappa shape index (κ1) is 22.7. The smallest absolute Gasteiger partial charge is 0.251 e. The largest absolute Gasteiger partial charge is 0.497 e. The summed E-state index contributed by atoms with van der Waals surface area (Å²) in [5.74, 6) is 1.02. The number of aryl methyl sites for hydroxylation is 1. The van der Waals surface area contributed by atoms with Crippen LogP contribution in [0, 0.1) is 10.8 Å². The topological polar surface area (TPSA) is 89.3 Å². The summed E-state index contributed by atoms with van der Waals surface area (Å²) in [5.41, 5.74) is 2.64. The van der Waals surface area contributed by atoms with Gasteiger partial charge in [0, 0.05) is 12.0 Å². The fourth-order valence-electron chi connectivity index (χ4n) is 3.26. The third-order valence-electron chi connectivity index (χ3n) is 5.10. The average Bonchev–Trinajstić information content (AvgIpc) is 2.85. The summed E-state index contributed by atoms with van der Waals surface area (Å²) in [4.78, 5) is 14.0. The van der Waals surface area contributed by atoms with E-state index in [2.05, 4.69) is 5.32 Å². The number of rotatable bonds is 9. The molecule has 3 rings (SSSR count). The minimum Gasteiger partial charge on any atom is -0.497 e. The van der Waals surface area contributed by atoms with Crippen molar-refractivity contribution in [3.05, 3.63) is 102 Å². The molecule has 0 unspecified atom stereocenters. The maximum absolute atomic E-state index is 12.4. The molecule has 0 aliphatic heterocycles. The number of nitrogens with one attached hydrogen (secondary N) is 3. The van der Waals surface area contributed by atoms with E-state index in [-0.39, 0.29) is 18.3 Å². The second-order valence-corrected chi connectivity index (χ2v) is 7.36. The Morgan fingerprint density at radius 3 is 2.09 bits per heavy atom. The van der Waals surface area contributed by atoms with E-state index in [1.54, 1.807) is 36.3 Å². The van der Waals surface area contributed by atoms with Crippen LogP contribution in [-0.4, -0.2) is 36.1 Å². The summed E-state index contributed by atoms with van der Waals surface area (Å²) >= 11 is 0. The van der Waals surface area contributed by atoms with Crippen LogP contribution in [0.4, 0.5) is 0 Å². The van der Waals surface area contributed by atoms with Crippen molar-refractivity contribution in [2.24, 2.45) is 0 Å². The number of amides is 1. The normalized spacial score (nSPS) is 10.3. The van der Waals surface area contributed by atoms with Crippen LogP contribution >= 0.6 is 0 Å². The molecule has 164 valence electrons. The number of methoxy groups -OCH3 is 1. The van der Waals surface area contributed by atoms with Crippen molar-refractivity contribution in [3.63, 3.8) is 0 Å². The monoisotopic (exact) mass is 428 g/mol. The van der Waals surface area contributed by atoms with E-state index >= 15 is 0 Å². The Morgan fingerprint density at radius 1 is 0.844 bits per heavy atom. The third-order valence-corrected chi connectivity index (χ3v) is 5.10. The molecule has 3 aromatic carbocycles. The lowest BCUT2D eigenvalue weighted by Crippen LogP contribution is -2.42. The molecule has 0 atom stereocenters. The van der Waals surface area contributed by atoms with Crippen molar-refractivity contribution in [1.82, 2.24) is 10.2 Å². The first-order valence-electron chi connectivity index (χ1n) is 10.5. The first-order valence-corrected chi connectivity index (χ1v) is 10.5. The molecule has 0 saturated carbocycles. The first-order chi connectivity index (χ1) is 15.6. The van der Waals surface area contributed by atoms with E-state index < -0.39 is 0 Å². The molecule has 6 nitrogen and oxygen atoms in total. The van der Waals surface area contributed by atoms with Gasteiger partial charge in [0.25, 0.3) is 5.91 Å². The van der Waals surface area contributed by atoms with E-state index in [4.69, 9.17) is 15.6 Å². The zero-order valence-corrected chi connectivity index (χ0v) is 18.2. The number of amidine groups is 2. The minimum atomic E-state index is -0.240. The third kappa shape index (κ3) is 6.54. The number of benzene rings is 3. The highest BCUT2D eigenvalue weighted by molar-refractivity contribution is 6.02. The van der Waals surface area contributed by atoms with Gasteiger partial charge in [0.15, 0.2) is 0 Å². The van der Waals surface area contributed by atoms with Gasteiger partial charge >= 0.3 is 0 Å². The zero-order chi connectivity index (χ0) is 22.8. The predicted molar refractivity (Wildman–Crippen MR) is 128 cm³/mol. The average molecular weight is 429 g/mol. The van der Waals surface area contributed by atoms with Gasteiger partial charge in [-0.3, -0.25) is 15.6 Å². The lowest BCUT2D eigenvalue weighted by atomic mass is 10.1. The Hall–Kier alpha value is -3.93. The Morgan fingerprint density at radius 2 is 1.47 bits per heavy atom. The van der Waals surface area contributed by atoms with Gasteiger partial charge in [-0.15, -0.1) is 0 Å². The molecule has 0 saturated heterocycles. The molecule has 6 heteroatoms. The molecule has 0 aromatic heterocycles. The second-order valence-electron chi connectivity index (χ2n) is 7.36. The summed E-state index contributed by atoms with van der Waals surface area (Å²) in [6.45, 7) is 0.412. The van der Waals surface area contributed by atoms with Gasteiger partial charge in [0.1, 0.15) is 17.4 Å². The molecule has 0 fully saturated rings. The van der Waals surface area contributed by atoms with E-state index in [9.17, 15) is 4.79 Å². The number of nitrogens with zero attached hydrogens (tertiary/aromatic N) is 1. The molecule has 0 radical (unpaired) electrons. The molecule has 0 aliphatic rings. The van der Waals surface area contributed by atoms with E-state index in [0.717, 1.165) is 16.9 Å². The summed E-state index contributed by atoms with van der Waals surface area (Å²) in [7, 11) is 1.62. The van der Waals surface area contributed by atoms with Gasteiger partial charge in [0.05, 0.1) is 20.2 Å². The van der Waals surface area contributed by atoms with Crippen LogP contribution in [0.25, 0.3) is 0 Å². The zero-order valence-electron chi connectivity index (χ0n) is 18.2. The number of carbonyl (C=O) groups excluding carboxylic acids is 1. The summed E-state index contributed by atoms with van der Waals surface area (Å²) < 4.78 is 5.22. The van der Waals surface area contributed by atoms with E-state index in [1.165, 1.54) is 0 Å². The van der Waals surface area contributed by atoms with Crippen molar-refractivity contribution in [2.45, 2.75) is 19.4 Å². The fourth-order valence-corrected chi connectivity index (χ4v) is 3.26. The standard InChI is InChI=1S/C26H28N4O2/c1-32-23-15-12-21(13-16-23)19-30(24(27)17-14-20-8-4-2-5-9-20)25(28)18-29-26(31)22-10-6-3-7-11-22/h2-13,15-16,27-28H,14,17-19H2,1H3,(H,29,31). The molecule has 0 bridgehead atoms. The lowest BCUT2D eigenvalue weighted by Gasteiger charge is -2.26. The van der Waals surface area contributed by atoms with Crippen LogP contribution in [0.15, 0.2) is 84.9 Å². The van der Waals surface area contributed by atoms with Crippen LogP contribution in [0.1, 0.15) is 27.9 Å².